The SMILES string of the molecule is C[C@H](Nc1ccccc1N=C(c1ccccc1)c1ccccc1)C1CCCCC1. The van der Waals surface area contributed by atoms with Gasteiger partial charge in [-0.25, -0.2) is 4.99 Å². The van der Waals surface area contributed by atoms with E-state index in [1.807, 2.05) is 12.1 Å². The molecule has 0 heterocycles. The van der Waals surface area contributed by atoms with Gasteiger partial charge in [0.2, 0.25) is 0 Å². The molecule has 1 aliphatic rings. The molecule has 148 valence electrons. The quantitative estimate of drug-likeness (QED) is 0.447. The molecule has 0 radical (unpaired) electrons. The molecular weight excluding hydrogens is 352 g/mol. The maximum Gasteiger partial charge on any atom is 0.0868 e. The summed E-state index contributed by atoms with van der Waals surface area (Å²) in [5, 5.41) is 3.78. The fourth-order valence-corrected chi connectivity index (χ4v) is 4.30. The molecule has 1 atom stereocenters. The Morgan fingerprint density at radius 2 is 1.31 bits per heavy atom. The lowest BCUT2D eigenvalue weighted by Gasteiger charge is -2.29. The van der Waals surface area contributed by atoms with Crippen LogP contribution >= 0.6 is 0 Å². The van der Waals surface area contributed by atoms with Gasteiger partial charge in [-0.2, -0.15) is 0 Å². The van der Waals surface area contributed by atoms with Gasteiger partial charge in [0, 0.05) is 17.2 Å². The summed E-state index contributed by atoms with van der Waals surface area (Å²) in [7, 11) is 0. The van der Waals surface area contributed by atoms with Crippen molar-refractivity contribution in [2.75, 3.05) is 5.32 Å². The van der Waals surface area contributed by atoms with Crippen LogP contribution in [0.2, 0.25) is 0 Å². The molecule has 4 rings (SSSR count). The van der Waals surface area contributed by atoms with Crippen molar-refractivity contribution >= 4 is 17.1 Å². The highest BCUT2D eigenvalue weighted by Gasteiger charge is 2.20. The van der Waals surface area contributed by atoms with E-state index < -0.39 is 0 Å². The summed E-state index contributed by atoms with van der Waals surface area (Å²) < 4.78 is 0. The Bertz CT molecular complexity index is 884. The van der Waals surface area contributed by atoms with E-state index in [1.165, 1.54) is 32.1 Å². The highest BCUT2D eigenvalue weighted by molar-refractivity contribution is 6.14. The summed E-state index contributed by atoms with van der Waals surface area (Å²) in [6.07, 6.45) is 6.78. The summed E-state index contributed by atoms with van der Waals surface area (Å²) in [5.41, 5.74) is 5.39. The summed E-state index contributed by atoms with van der Waals surface area (Å²) in [6.45, 7) is 2.33. The molecular formula is C27H30N2. The standard InChI is InChI=1S/C27H30N2/c1-21(22-13-5-2-6-14-22)28-25-19-11-12-20-26(25)29-27(23-15-7-3-8-16-23)24-17-9-4-10-18-24/h3-4,7-12,15-22,28H,2,5-6,13-14H2,1H3/t21-/m0/s1. The molecule has 2 nitrogen and oxygen atoms in total. The third kappa shape index (κ3) is 4.95. The first-order valence-electron chi connectivity index (χ1n) is 10.9. The van der Waals surface area contributed by atoms with Crippen LogP contribution in [0.15, 0.2) is 89.9 Å². The first-order valence-corrected chi connectivity index (χ1v) is 10.9. The zero-order valence-electron chi connectivity index (χ0n) is 17.2. The zero-order chi connectivity index (χ0) is 19.9. The first-order chi connectivity index (χ1) is 14.3. The Morgan fingerprint density at radius 3 is 1.93 bits per heavy atom. The number of aliphatic imine (C=N–C) groups is 1. The monoisotopic (exact) mass is 382 g/mol. The molecule has 1 fully saturated rings. The Hall–Kier alpha value is -2.87. The van der Waals surface area contributed by atoms with Gasteiger partial charge in [-0.1, -0.05) is 92.1 Å². The molecule has 0 bridgehead atoms. The minimum absolute atomic E-state index is 0.462. The number of rotatable bonds is 6. The average Bonchev–Trinajstić information content (AvgIpc) is 2.80. The number of nitrogens with one attached hydrogen (secondary N) is 1. The van der Waals surface area contributed by atoms with Gasteiger partial charge in [-0.05, 0) is 37.8 Å². The van der Waals surface area contributed by atoms with Crippen molar-refractivity contribution in [3.05, 3.63) is 96.1 Å². The van der Waals surface area contributed by atoms with Gasteiger partial charge in [-0.3, -0.25) is 0 Å². The lowest BCUT2D eigenvalue weighted by Crippen LogP contribution is -2.27. The molecule has 1 aliphatic carbocycles. The van der Waals surface area contributed by atoms with E-state index in [2.05, 4.69) is 85.0 Å². The molecule has 0 spiro atoms. The molecule has 1 saturated carbocycles. The van der Waals surface area contributed by atoms with Crippen molar-refractivity contribution in [2.24, 2.45) is 10.9 Å². The summed E-state index contributed by atoms with van der Waals surface area (Å²) in [4.78, 5) is 5.15. The van der Waals surface area contributed by atoms with Crippen molar-refractivity contribution in [3.63, 3.8) is 0 Å². The lowest BCUT2D eigenvalue weighted by atomic mass is 9.84. The van der Waals surface area contributed by atoms with Crippen molar-refractivity contribution in [1.82, 2.24) is 0 Å². The van der Waals surface area contributed by atoms with Crippen LogP contribution in [0.3, 0.4) is 0 Å². The van der Waals surface area contributed by atoms with Gasteiger partial charge in [0.05, 0.1) is 17.1 Å². The fraction of sp³-hybridized carbons (Fsp3) is 0.296. The van der Waals surface area contributed by atoms with E-state index in [-0.39, 0.29) is 0 Å². The number of hydrogen-bond donors (Lipinski definition) is 1. The van der Waals surface area contributed by atoms with Gasteiger partial charge < -0.3 is 5.32 Å². The van der Waals surface area contributed by atoms with Crippen molar-refractivity contribution in [3.8, 4) is 0 Å². The van der Waals surface area contributed by atoms with Gasteiger partial charge >= 0.3 is 0 Å². The Labute approximate surface area is 174 Å². The topological polar surface area (TPSA) is 24.4 Å². The second-order valence-corrected chi connectivity index (χ2v) is 8.04. The number of hydrogen-bond acceptors (Lipinski definition) is 2. The molecule has 1 N–H and O–H groups in total. The van der Waals surface area contributed by atoms with E-state index in [1.54, 1.807) is 0 Å². The Balaban J connectivity index is 1.68. The molecule has 0 saturated heterocycles. The Morgan fingerprint density at radius 1 is 0.759 bits per heavy atom. The maximum atomic E-state index is 5.15. The van der Waals surface area contributed by atoms with Crippen LogP contribution in [0.1, 0.15) is 50.2 Å². The van der Waals surface area contributed by atoms with Gasteiger partial charge in [0.25, 0.3) is 0 Å². The summed E-state index contributed by atoms with van der Waals surface area (Å²) >= 11 is 0. The summed E-state index contributed by atoms with van der Waals surface area (Å²) in [5.74, 6) is 0.753. The normalized spacial score (nSPS) is 15.5. The predicted molar refractivity (Wildman–Crippen MR) is 124 cm³/mol. The van der Waals surface area contributed by atoms with E-state index in [0.717, 1.165) is 34.1 Å². The van der Waals surface area contributed by atoms with Gasteiger partial charge in [0.15, 0.2) is 0 Å². The lowest BCUT2D eigenvalue weighted by molar-refractivity contribution is 0.328. The van der Waals surface area contributed by atoms with Crippen LogP contribution in [0.4, 0.5) is 11.4 Å². The Kier molecular flexibility index (Phi) is 6.41. The highest BCUT2D eigenvalue weighted by Crippen LogP contribution is 2.32. The average molecular weight is 383 g/mol. The van der Waals surface area contributed by atoms with Crippen LogP contribution in [-0.4, -0.2) is 11.8 Å². The maximum absolute atomic E-state index is 5.15. The second-order valence-electron chi connectivity index (χ2n) is 8.04. The molecule has 0 amide bonds. The van der Waals surface area contributed by atoms with Crippen LogP contribution < -0.4 is 5.32 Å². The number of benzene rings is 3. The molecule has 2 heteroatoms. The van der Waals surface area contributed by atoms with Crippen molar-refractivity contribution < 1.29 is 0 Å². The van der Waals surface area contributed by atoms with Crippen LogP contribution in [-0.2, 0) is 0 Å². The van der Waals surface area contributed by atoms with Crippen LogP contribution in [0, 0.1) is 5.92 Å². The third-order valence-corrected chi connectivity index (χ3v) is 5.97. The van der Waals surface area contributed by atoms with Gasteiger partial charge in [0.1, 0.15) is 0 Å². The number of anilines is 1. The smallest absolute Gasteiger partial charge is 0.0868 e. The minimum Gasteiger partial charge on any atom is -0.381 e. The molecule has 0 aromatic heterocycles. The first kappa shape index (κ1) is 19.4. The van der Waals surface area contributed by atoms with Crippen molar-refractivity contribution in [2.45, 2.75) is 45.1 Å². The third-order valence-electron chi connectivity index (χ3n) is 5.97. The van der Waals surface area contributed by atoms with E-state index >= 15 is 0 Å². The van der Waals surface area contributed by atoms with E-state index in [4.69, 9.17) is 4.99 Å². The fourth-order valence-electron chi connectivity index (χ4n) is 4.30. The molecule has 0 aliphatic heterocycles. The summed E-state index contributed by atoms with van der Waals surface area (Å²) in [6, 6.07) is 29.8. The number of para-hydroxylation sites is 2. The van der Waals surface area contributed by atoms with E-state index in [9.17, 15) is 0 Å². The van der Waals surface area contributed by atoms with E-state index in [0.29, 0.717) is 6.04 Å². The van der Waals surface area contributed by atoms with Gasteiger partial charge in [-0.15, -0.1) is 0 Å². The highest BCUT2D eigenvalue weighted by atomic mass is 15.0. The second kappa shape index (κ2) is 9.56. The predicted octanol–water partition coefficient (Wildman–Crippen LogP) is 7.24. The van der Waals surface area contributed by atoms with Crippen LogP contribution in [0.25, 0.3) is 0 Å². The van der Waals surface area contributed by atoms with Crippen LogP contribution in [0.5, 0.6) is 0 Å². The number of nitrogens with zero attached hydrogens (tertiary/aromatic N) is 1. The van der Waals surface area contributed by atoms with Crippen molar-refractivity contribution in [1.29, 1.82) is 0 Å². The largest absolute Gasteiger partial charge is 0.381 e. The molecule has 0 unspecified atom stereocenters. The minimum atomic E-state index is 0.462. The molecule has 3 aromatic rings. The molecule has 29 heavy (non-hydrogen) atoms. The molecule has 3 aromatic carbocycles. The zero-order valence-corrected chi connectivity index (χ0v) is 17.2.